The van der Waals surface area contributed by atoms with Crippen LogP contribution in [0.1, 0.15) is 45.7 Å². The van der Waals surface area contributed by atoms with Gasteiger partial charge in [-0.25, -0.2) is 9.50 Å². The number of nitrogens with two attached hydrogens (primary N) is 1. The zero-order valence-electron chi connectivity index (χ0n) is 19.6. The summed E-state index contributed by atoms with van der Waals surface area (Å²) in [6, 6.07) is 4.10. The molecule has 1 aliphatic rings. The summed E-state index contributed by atoms with van der Waals surface area (Å²) in [4.78, 5) is 40.1. The van der Waals surface area contributed by atoms with Crippen molar-refractivity contribution in [1.29, 1.82) is 5.26 Å². The molecule has 3 heterocycles. The minimum Gasteiger partial charge on any atom is -0.462 e. The van der Waals surface area contributed by atoms with Crippen LogP contribution in [0.5, 0.6) is 0 Å². The Morgan fingerprint density at radius 3 is 2.77 bits per heavy atom. The minimum atomic E-state index is -2.05. The predicted molar refractivity (Wildman–Crippen MR) is 119 cm³/mol. The number of fused-ring (bicyclic) bond motifs is 1. The van der Waals surface area contributed by atoms with E-state index in [2.05, 4.69) is 15.4 Å². The number of rotatable bonds is 9. The summed E-state index contributed by atoms with van der Waals surface area (Å²) in [5.41, 5.74) is 3.93. The molecule has 4 N–H and O–H groups in total. The third kappa shape index (κ3) is 5.09. The molecule has 1 aliphatic heterocycles. The predicted octanol–water partition coefficient (Wildman–Crippen LogP) is 0.159. The maximum absolute atomic E-state index is 12.1. The normalized spacial score (nSPS) is 24.5. The Hall–Kier alpha value is -3.60. The summed E-state index contributed by atoms with van der Waals surface area (Å²) >= 11 is 0. The van der Waals surface area contributed by atoms with E-state index >= 15 is 0 Å². The van der Waals surface area contributed by atoms with E-state index in [-0.39, 0.29) is 23.8 Å². The summed E-state index contributed by atoms with van der Waals surface area (Å²) in [7, 11) is 0. The Bertz CT molecular complexity index is 1140. The SMILES string of the molecule is CCCC(=O)Nc1ncnn2c([C@]3(C#N)O[C@H](COC(=O)[C@H](C)N)[C@@H](OC(=O)CC)[C@H]3O)ccc12. The van der Waals surface area contributed by atoms with Crippen LogP contribution in [-0.4, -0.2) is 68.5 Å². The first-order valence-electron chi connectivity index (χ1n) is 11.2. The Balaban J connectivity index is 2.01. The van der Waals surface area contributed by atoms with Crippen molar-refractivity contribution in [2.45, 2.75) is 70.0 Å². The van der Waals surface area contributed by atoms with E-state index in [0.717, 1.165) is 0 Å². The van der Waals surface area contributed by atoms with Gasteiger partial charge in [-0.3, -0.25) is 14.4 Å². The summed E-state index contributed by atoms with van der Waals surface area (Å²) < 4.78 is 17.7. The lowest BCUT2D eigenvalue weighted by Crippen LogP contribution is -2.43. The molecule has 0 unspecified atom stereocenters. The standard InChI is InChI=1S/C22H28N6O7/c1-4-6-16(29)27-20-13-7-8-15(28(13)26-11-25-20)22(10-23)19(31)18(34-17(30)5-2)14(35-22)9-33-21(32)12(3)24/h7-8,11-12,14,18-19,31H,4-6,9,24H2,1-3H3,(H,25,26,27,29)/t12-,14+,18+,19+,22-/m0/s1. The number of aliphatic hydroxyl groups excluding tert-OH is 1. The molecule has 13 nitrogen and oxygen atoms in total. The van der Waals surface area contributed by atoms with Gasteiger partial charge in [0.05, 0.1) is 5.69 Å². The number of nitrogens with one attached hydrogen (secondary N) is 1. The van der Waals surface area contributed by atoms with Gasteiger partial charge in [-0.2, -0.15) is 10.4 Å². The Labute approximate surface area is 201 Å². The number of ether oxygens (including phenoxy) is 3. The number of anilines is 1. The van der Waals surface area contributed by atoms with E-state index in [4.69, 9.17) is 19.9 Å². The topological polar surface area (TPSA) is 191 Å². The number of hydrogen-bond acceptors (Lipinski definition) is 11. The van der Waals surface area contributed by atoms with Gasteiger partial charge in [0.25, 0.3) is 0 Å². The number of nitriles is 1. The van der Waals surface area contributed by atoms with Gasteiger partial charge < -0.3 is 30.4 Å². The maximum Gasteiger partial charge on any atom is 0.322 e. The molecule has 0 saturated carbocycles. The fourth-order valence-electron chi connectivity index (χ4n) is 3.70. The van der Waals surface area contributed by atoms with Crippen LogP contribution in [0.3, 0.4) is 0 Å². The maximum atomic E-state index is 12.1. The van der Waals surface area contributed by atoms with E-state index in [1.165, 1.54) is 23.8 Å². The number of esters is 2. The smallest absolute Gasteiger partial charge is 0.322 e. The molecular weight excluding hydrogens is 460 g/mol. The Morgan fingerprint density at radius 1 is 1.40 bits per heavy atom. The van der Waals surface area contributed by atoms with Crippen LogP contribution < -0.4 is 11.1 Å². The first-order chi connectivity index (χ1) is 16.7. The number of amides is 1. The third-order valence-electron chi connectivity index (χ3n) is 5.48. The lowest BCUT2D eigenvalue weighted by atomic mass is 9.92. The number of aromatic nitrogens is 3. The Morgan fingerprint density at radius 2 is 2.14 bits per heavy atom. The lowest BCUT2D eigenvalue weighted by Gasteiger charge is -2.24. The average molecular weight is 489 g/mol. The fourth-order valence-corrected chi connectivity index (χ4v) is 3.70. The van der Waals surface area contributed by atoms with Crippen LogP contribution in [0.2, 0.25) is 0 Å². The minimum absolute atomic E-state index is 0.0111. The molecule has 1 amide bonds. The van der Waals surface area contributed by atoms with Gasteiger partial charge >= 0.3 is 11.9 Å². The average Bonchev–Trinajstić information content (AvgIpc) is 3.38. The van der Waals surface area contributed by atoms with Crippen LogP contribution in [0, 0.1) is 11.3 Å². The zero-order chi connectivity index (χ0) is 25.8. The molecule has 3 rings (SSSR count). The molecule has 5 atom stereocenters. The number of carbonyl (C=O) groups excluding carboxylic acids is 3. The van der Waals surface area contributed by atoms with Crippen molar-refractivity contribution < 1.29 is 33.7 Å². The molecule has 0 bridgehead atoms. The largest absolute Gasteiger partial charge is 0.462 e. The van der Waals surface area contributed by atoms with Gasteiger partial charge in [0.2, 0.25) is 11.5 Å². The number of nitrogens with zero attached hydrogens (tertiary/aromatic N) is 4. The highest BCUT2D eigenvalue weighted by atomic mass is 16.6. The first kappa shape index (κ1) is 26.0. The highest BCUT2D eigenvalue weighted by molar-refractivity contribution is 5.93. The molecule has 0 radical (unpaired) electrons. The van der Waals surface area contributed by atoms with E-state index in [9.17, 15) is 24.8 Å². The van der Waals surface area contributed by atoms with E-state index in [1.807, 2.05) is 13.0 Å². The van der Waals surface area contributed by atoms with E-state index in [1.54, 1.807) is 13.0 Å². The van der Waals surface area contributed by atoms with Crippen molar-refractivity contribution in [2.75, 3.05) is 11.9 Å². The molecule has 2 aromatic heterocycles. The number of carbonyl (C=O) groups is 3. The van der Waals surface area contributed by atoms with Crippen molar-refractivity contribution in [3.05, 3.63) is 24.2 Å². The van der Waals surface area contributed by atoms with Gasteiger partial charge in [-0.05, 0) is 25.5 Å². The second-order valence-corrected chi connectivity index (χ2v) is 8.10. The number of hydrogen-bond donors (Lipinski definition) is 3. The summed E-state index contributed by atoms with van der Waals surface area (Å²) in [6.45, 7) is 4.45. The first-order valence-corrected chi connectivity index (χ1v) is 11.2. The van der Waals surface area contributed by atoms with Crippen LogP contribution >= 0.6 is 0 Å². The van der Waals surface area contributed by atoms with Crippen molar-refractivity contribution in [3.63, 3.8) is 0 Å². The molecule has 35 heavy (non-hydrogen) atoms. The fraction of sp³-hybridized carbons (Fsp3) is 0.545. The summed E-state index contributed by atoms with van der Waals surface area (Å²) in [5, 5.41) is 28.2. The molecule has 13 heteroatoms. The van der Waals surface area contributed by atoms with Gasteiger partial charge in [-0.15, -0.1) is 0 Å². The molecule has 1 fully saturated rings. The highest BCUT2D eigenvalue weighted by Crippen LogP contribution is 2.42. The molecule has 0 aromatic carbocycles. The van der Waals surface area contributed by atoms with Crippen LogP contribution in [-0.2, 0) is 34.2 Å². The molecule has 0 spiro atoms. The Kier molecular flexibility index (Phi) is 8.00. The van der Waals surface area contributed by atoms with Crippen LogP contribution in [0.4, 0.5) is 5.82 Å². The highest BCUT2D eigenvalue weighted by Gasteiger charge is 2.60. The number of aliphatic hydroxyl groups is 1. The summed E-state index contributed by atoms with van der Waals surface area (Å²) in [6.07, 6.45) is -2.02. The van der Waals surface area contributed by atoms with Crippen molar-refractivity contribution >= 4 is 29.2 Å². The van der Waals surface area contributed by atoms with E-state index < -0.39 is 48.5 Å². The van der Waals surface area contributed by atoms with Gasteiger partial charge in [0.1, 0.15) is 42.8 Å². The van der Waals surface area contributed by atoms with E-state index in [0.29, 0.717) is 18.4 Å². The monoisotopic (exact) mass is 488 g/mol. The van der Waals surface area contributed by atoms with Crippen molar-refractivity contribution in [2.24, 2.45) is 5.73 Å². The molecule has 2 aromatic rings. The molecule has 1 saturated heterocycles. The molecular formula is C22H28N6O7. The van der Waals surface area contributed by atoms with Crippen molar-refractivity contribution in [1.82, 2.24) is 14.6 Å². The van der Waals surface area contributed by atoms with Gasteiger partial charge in [0, 0.05) is 12.8 Å². The zero-order valence-corrected chi connectivity index (χ0v) is 19.6. The quantitative estimate of drug-likeness (QED) is 0.407. The third-order valence-corrected chi connectivity index (χ3v) is 5.48. The van der Waals surface area contributed by atoms with Gasteiger partial charge in [0.15, 0.2) is 11.9 Å². The summed E-state index contributed by atoms with van der Waals surface area (Å²) in [5.74, 6) is -1.41. The second kappa shape index (κ2) is 10.8. The lowest BCUT2D eigenvalue weighted by molar-refractivity contribution is -0.160. The molecule has 188 valence electrons. The van der Waals surface area contributed by atoms with Gasteiger partial charge in [-0.1, -0.05) is 13.8 Å². The van der Waals surface area contributed by atoms with Crippen molar-refractivity contribution in [3.8, 4) is 6.07 Å². The second-order valence-electron chi connectivity index (χ2n) is 8.10. The van der Waals surface area contributed by atoms with Crippen LogP contribution in [0.15, 0.2) is 18.5 Å². The van der Waals surface area contributed by atoms with Crippen LogP contribution in [0.25, 0.3) is 5.52 Å². The molecule has 0 aliphatic carbocycles.